The maximum atomic E-state index is 10.8. The largest absolute Gasteiger partial charge is 0.393 e. The molecule has 124 valence electrons. The van der Waals surface area contributed by atoms with E-state index in [0.29, 0.717) is 24.7 Å². The van der Waals surface area contributed by atoms with Crippen LogP contribution < -0.4 is 5.73 Å². The van der Waals surface area contributed by atoms with Crippen LogP contribution in [0.2, 0.25) is 0 Å². The Hall–Kier alpha value is -0.940. The van der Waals surface area contributed by atoms with E-state index in [0.717, 1.165) is 44.9 Å². The summed E-state index contributed by atoms with van der Waals surface area (Å²) in [5, 5.41) is 9.21. The van der Waals surface area contributed by atoms with E-state index in [4.69, 9.17) is 10.5 Å². The monoisotopic (exact) mass is 301 g/mol. The Morgan fingerprint density at radius 3 is 2.19 bits per heavy atom. The van der Waals surface area contributed by atoms with Gasteiger partial charge in [-0.05, 0) is 38.5 Å². The number of rotatable bonds is 6. The van der Waals surface area contributed by atoms with Crippen molar-refractivity contribution in [1.29, 1.82) is 0 Å². The number of Topliss-reactive ketones (excluding diaryl/α,β-unsaturated/α-hetero) is 1. The van der Waals surface area contributed by atoms with Gasteiger partial charge < -0.3 is 15.6 Å². The SMILES string of the molecule is CCC(=O)C1CCC1.NC(=O)CCOC1CCC(O)CC1.[HH]. The van der Waals surface area contributed by atoms with Crippen LogP contribution in [0.25, 0.3) is 0 Å². The molecule has 0 atom stereocenters. The van der Waals surface area contributed by atoms with Crippen molar-refractivity contribution in [3.63, 3.8) is 0 Å². The predicted octanol–water partition coefficient (Wildman–Crippen LogP) is 2.19. The van der Waals surface area contributed by atoms with E-state index < -0.39 is 0 Å². The summed E-state index contributed by atoms with van der Waals surface area (Å²) in [5.41, 5.74) is 4.97. The molecular formula is C16H31NO4. The maximum Gasteiger partial charge on any atom is 0.219 e. The predicted molar refractivity (Wildman–Crippen MR) is 82.8 cm³/mol. The Morgan fingerprint density at radius 1 is 1.19 bits per heavy atom. The second-order valence-electron chi connectivity index (χ2n) is 5.97. The van der Waals surface area contributed by atoms with Gasteiger partial charge in [0.15, 0.2) is 0 Å². The van der Waals surface area contributed by atoms with E-state index >= 15 is 0 Å². The third-order valence-electron chi connectivity index (χ3n) is 4.25. The molecule has 5 heteroatoms. The van der Waals surface area contributed by atoms with Crippen molar-refractivity contribution in [1.82, 2.24) is 0 Å². The number of hydrogen-bond acceptors (Lipinski definition) is 4. The lowest BCUT2D eigenvalue weighted by Crippen LogP contribution is -2.25. The summed E-state index contributed by atoms with van der Waals surface area (Å²) in [6.07, 6.45) is 8.07. The molecule has 2 aliphatic carbocycles. The molecule has 1 amide bonds. The minimum absolute atomic E-state index is 0. The number of nitrogens with two attached hydrogens (primary N) is 1. The summed E-state index contributed by atoms with van der Waals surface area (Å²) in [6, 6.07) is 0. The van der Waals surface area contributed by atoms with E-state index in [1.807, 2.05) is 6.92 Å². The van der Waals surface area contributed by atoms with Gasteiger partial charge in [0.05, 0.1) is 18.8 Å². The second-order valence-corrected chi connectivity index (χ2v) is 5.97. The number of primary amides is 1. The fourth-order valence-electron chi connectivity index (χ4n) is 2.56. The first-order valence-corrected chi connectivity index (χ1v) is 8.13. The molecule has 0 aromatic carbocycles. The van der Waals surface area contributed by atoms with Crippen LogP contribution in [-0.4, -0.2) is 35.6 Å². The van der Waals surface area contributed by atoms with Crippen molar-refractivity contribution < 1.29 is 20.9 Å². The van der Waals surface area contributed by atoms with Gasteiger partial charge in [-0.3, -0.25) is 9.59 Å². The lowest BCUT2D eigenvalue weighted by Gasteiger charge is -2.25. The van der Waals surface area contributed by atoms with Crippen LogP contribution in [0.4, 0.5) is 0 Å². The molecule has 0 bridgehead atoms. The Bertz CT molecular complexity index is 326. The highest BCUT2D eigenvalue weighted by molar-refractivity contribution is 5.81. The molecule has 0 aromatic rings. The van der Waals surface area contributed by atoms with Crippen LogP contribution in [0.3, 0.4) is 0 Å². The molecule has 2 aliphatic rings. The average Bonchev–Trinajstić information content (AvgIpc) is 2.39. The Morgan fingerprint density at radius 2 is 1.81 bits per heavy atom. The second kappa shape index (κ2) is 9.90. The number of aliphatic hydroxyl groups excluding tert-OH is 1. The van der Waals surface area contributed by atoms with Crippen molar-refractivity contribution in [3.8, 4) is 0 Å². The molecule has 2 fully saturated rings. The van der Waals surface area contributed by atoms with Crippen LogP contribution >= 0.6 is 0 Å². The van der Waals surface area contributed by atoms with Crippen molar-refractivity contribution >= 4 is 11.7 Å². The normalized spacial score (nSPS) is 25.4. The van der Waals surface area contributed by atoms with Crippen molar-refractivity contribution in [2.45, 2.75) is 76.9 Å². The number of ether oxygens (including phenoxy) is 1. The minimum atomic E-state index is -0.323. The van der Waals surface area contributed by atoms with Gasteiger partial charge in [0.1, 0.15) is 5.78 Å². The van der Waals surface area contributed by atoms with E-state index in [1.165, 1.54) is 6.42 Å². The molecule has 0 saturated heterocycles. The van der Waals surface area contributed by atoms with Gasteiger partial charge in [-0.25, -0.2) is 0 Å². The molecule has 2 rings (SSSR count). The van der Waals surface area contributed by atoms with Crippen molar-refractivity contribution in [2.24, 2.45) is 11.7 Å². The number of aliphatic hydroxyl groups is 1. The lowest BCUT2D eigenvalue weighted by atomic mass is 9.81. The highest BCUT2D eigenvalue weighted by Gasteiger charge is 2.22. The minimum Gasteiger partial charge on any atom is -0.393 e. The maximum absolute atomic E-state index is 10.8. The lowest BCUT2D eigenvalue weighted by molar-refractivity contribution is -0.124. The number of hydrogen-bond donors (Lipinski definition) is 2. The van der Waals surface area contributed by atoms with E-state index in [1.54, 1.807) is 0 Å². The molecular weight excluding hydrogens is 270 g/mol. The molecule has 0 aliphatic heterocycles. The van der Waals surface area contributed by atoms with Gasteiger partial charge in [-0.15, -0.1) is 0 Å². The molecule has 0 heterocycles. The smallest absolute Gasteiger partial charge is 0.219 e. The van der Waals surface area contributed by atoms with Gasteiger partial charge in [0.2, 0.25) is 5.91 Å². The van der Waals surface area contributed by atoms with Crippen molar-refractivity contribution in [2.75, 3.05) is 6.61 Å². The van der Waals surface area contributed by atoms with Crippen LogP contribution in [0.5, 0.6) is 0 Å². The standard InChI is InChI=1S/C9H17NO3.C7H12O.H2/c10-9(12)5-6-13-8-3-1-7(11)2-4-8;1-2-7(8)6-4-3-5-6;/h7-8,11H,1-6H2,(H2,10,12);6H,2-5H2,1H3;1H. The molecule has 21 heavy (non-hydrogen) atoms. The first kappa shape index (κ1) is 18.1. The molecule has 0 aromatic heterocycles. The van der Waals surface area contributed by atoms with Gasteiger partial charge in [0.25, 0.3) is 0 Å². The van der Waals surface area contributed by atoms with Crippen LogP contribution in [0, 0.1) is 5.92 Å². The molecule has 5 nitrogen and oxygen atoms in total. The van der Waals surface area contributed by atoms with Gasteiger partial charge in [-0.1, -0.05) is 13.3 Å². The Kier molecular flexibility index (Phi) is 8.54. The van der Waals surface area contributed by atoms with Crippen LogP contribution in [-0.2, 0) is 14.3 Å². The Labute approximate surface area is 128 Å². The molecule has 2 saturated carbocycles. The fourth-order valence-corrected chi connectivity index (χ4v) is 2.56. The number of carbonyl (C=O) groups excluding carboxylic acids is 2. The highest BCUT2D eigenvalue weighted by atomic mass is 16.5. The fraction of sp³-hybridized carbons (Fsp3) is 0.875. The summed E-state index contributed by atoms with van der Waals surface area (Å²) in [7, 11) is 0. The number of carbonyl (C=O) groups is 2. The first-order chi connectivity index (χ1) is 10.0. The average molecular weight is 301 g/mol. The molecule has 0 spiro atoms. The third-order valence-corrected chi connectivity index (χ3v) is 4.25. The summed E-state index contributed by atoms with van der Waals surface area (Å²) in [5.74, 6) is 0.604. The third kappa shape index (κ3) is 7.58. The molecule has 0 radical (unpaired) electrons. The zero-order valence-electron chi connectivity index (χ0n) is 13.1. The van der Waals surface area contributed by atoms with Gasteiger partial charge >= 0.3 is 0 Å². The highest BCUT2D eigenvalue weighted by Crippen LogP contribution is 2.27. The van der Waals surface area contributed by atoms with Crippen molar-refractivity contribution in [3.05, 3.63) is 0 Å². The topological polar surface area (TPSA) is 89.6 Å². The summed E-state index contributed by atoms with van der Waals surface area (Å²) in [6.45, 7) is 2.36. The van der Waals surface area contributed by atoms with E-state index in [2.05, 4.69) is 0 Å². The van der Waals surface area contributed by atoms with Crippen LogP contribution in [0.1, 0.15) is 66.1 Å². The quantitative estimate of drug-likeness (QED) is 0.787. The summed E-state index contributed by atoms with van der Waals surface area (Å²) in [4.78, 5) is 21.2. The van der Waals surface area contributed by atoms with Gasteiger partial charge in [0, 0.05) is 20.2 Å². The summed E-state index contributed by atoms with van der Waals surface area (Å²) >= 11 is 0. The van der Waals surface area contributed by atoms with E-state index in [-0.39, 0.29) is 19.5 Å². The molecule has 0 unspecified atom stereocenters. The van der Waals surface area contributed by atoms with E-state index in [9.17, 15) is 14.7 Å². The number of amides is 1. The first-order valence-electron chi connectivity index (χ1n) is 8.13. The zero-order valence-corrected chi connectivity index (χ0v) is 13.1. The Balaban J connectivity index is 0.000000423. The summed E-state index contributed by atoms with van der Waals surface area (Å²) < 4.78 is 5.43. The zero-order chi connectivity index (χ0) is 15.7. The molecule has 3 N–H and O–H groups in total. The van der Waals surface area contributed by atoms with Gasteiger partial charge in [-0.2, -0.15) is 0 Å². The number of ketones is 1. The van der Waals surface area contributed by atoms with Crippen LogP contribution in [0.15, 0.2) is 0 Å².